The summed E-state index contributed by atoms with van der Waals surface area (Å²) in [6.45, 7) is 3.48. The van der Waals surface area contributed by atoms with E-state index in [4.69, 9.17) is 0 Å². The first-order chi connectivity index (χ1) is 9.95. The van der Waals surface area contributed by atoms with Crippen LogP contribution in [-0.2, 0) is 0 Å². The van der Waals surface area contributed by atoms with Crippen molar-refractivity contribution in [3.05, 3.63) is 58.1 Å². The Labute approximate surface area is 131 Å². The van der Waals surface area contributed by atoms with Gasteiger partial charge in [0.15, 0.2) is 5.78 Å². The molecule has 0 aliphatic heterocycles. The van der Waals surface area contributed by atoms with Crippen molar-refractivity contribution in [2.24, 2.45) is 0 Å². The van der Waals surface area contributed by atoms with Crippen molar-refractivity contribution in [1.29, 1.82) is 0 Å². The Kier molecular flexibility index (Phi) is 4.75. The summed E-state index contributed by atoms with van der Waals surface area (Å²) in [5.41, 5.74) is 3.04. The summed E-state index contributed by atoms with van der Waals surface area (Å²) < 4.78 is 0.824. The zero-order valence-electron chi connectivity index (χ0n) is 11.7. The number of benzene rings is 2. The third-order valence-electron chi connectivity index (χ3n) is 2.92. The lowest BCUT2D eigenvalue weighted by molar-refractivity contribution is 0.101. The highest BCUT2D eigenvalue weighted by molar-refractivity contribution is 9.10. The van der Waals surface area contributed by atoms with Gasteiger partial charge in [-0.05, 0) is 71.7 Å². The van der Waals surface area contributed by atoms with Gasteiger partial charge in [-0.3, -0.25) is 4.79 Å². The molecule has 0 aromatic heterocycles. The number of aryl methyl sites for hydroxylation is 1. The lowest BCUT2D eigenvalue weighted by Crippen LogP contribution is -2.19. The van der Waals surface area contributed by atoms with Crippen LogP contribution in [0.25, 0.3) is 0 Å². The Balaban J connectivity index is 2.02. The van der Waals surface area contributed by atoms with E-state index in [1.807, 2.05) is 25.1 Å². The molecule has 0 saturated heterocycles. The Morgan fingerprint density at radius 3 is 2.24 bits per heavy atom. The van der Waals surface area contributed by atoms with E-state index in [0.29, 0.717) is 16.9 Å². The minimum absolute atomic E-state index is 0.00501. The molecule has 0 unspecified atom stereocenters. The van der Waals surface area contributed by atoms with Crippen LogP contribution < -0.4 is 10.6 Å². The zero-order chi connectivity index (χ0) is 15.4. The Bertz CT molecular complexity index is 681. The number of urea groups is 1. The molecule has 0 fully saturated rings. The number of rotatable bonds is 3. The van der Waals surface area contributed by atoms with Gasteiger partial charge in [0, 0.05) is 15.7 Å². The van der Waals surface area contributed by atoms with Gasteiger partial charge in [-0.1, -0.05) is 6.07 Å². The number of halogens is 1. The molecule has 21 heavy (non-hydrogen) atoms. The molecule has 0 saturated carbocycles. The highest BCUT2D eigenvalue weighted by atomic mass is 79.9. The molecule has 2 aromatic rings. The number of amides is 2. The topological polar surface area (TPSA) is 58.2 Å². The summed E-state index contributed by atoms with van der Waals surface area (Å²) >= 11 is 3.41. The van der Waals surface area contributed by atoms with E-state index in [9.17, 15) is 9.59 Å². The van der Waals surface area contributed by atoms with Crippen LogP contribution in [-0.4, -0.2) is 11.8 Å². The molecule has 0 bridgehead atoms. The summed E-state index contributed by atoms with van der Waals surface area (Å²) in [7, 11) is 0. The minimum atomic E-state index is -0.338. The summed E-state index contributed by atoms with van der Waals surface area (Å²) in [6.07, 6.45) is 0. The van der Waals surface area contributed by atoms with Crippen molar-refractivity contribution in [3.63, 3.8) is 0 Å². The van der Waals surface area contributed by atoms with Crippen molar-refractivity contribution in [2.45, 2.75) is 13.8 Å². The SMILES string of the molecule is CC(=O)c1ccc(NC(=O)Nc2ccc(C)cc2Br)cc1. The normalized spacial score (nSPS) is 10.0. The first-order valence-corrected chi connectivity index (χ1v) is 7.20. The molecular weight excluding hydrogens is 332 g/mol. The highest BCUT2D eigenvalue weighted by Crippen LogP contribution is 2.23. The third-order valence-corrected chi connectivity index (χ3v) is 3.58. The average Bonchev–Trinajstić information content (AvgIpc) is 2.42. The van der Waals surface area contributed by atoms with E-state index < -0.39 is 0 Å². The fourth-order valence-corrected chi connectivity index (χ4v) is 2.39. The number of ketones is 1. The van der Waals surface area contributed by atoms with Crippen LogP contribution in [0.1, 0.15) is 22.8 Å². The maximum Gasteiger partial charge on any atom is 0.323 e. The second-order valence-corrected chi connectivity index (χ2v) is 5.55. The number of carbonyl (C=O) groups excluding carboxylic acids is 2. The van der Waals surface area contributed by atoms with E-state index in [1.54, 1.807) is 24.3 Å². The lowest BCUT2D eigenvalue weighted by Gasteiger charge is -2.10. The monoisotopic (exact) mass is 346 g/mol. The van der Waals surface area contributed by atoms with Crippen molar-refractivity contribution < 1.29 is 9.59 Å². The smallest absolute Gasteiger partial charge is 0.308 e. The number of carbonyl (C=O) groups is 2. The number of nitrogens with one attached hydrogen (secondary N) is 2. The summed E-state index contributed by atoms with van der Waals surface area (Å²) in [4.78, 5) is 23.1. The van der Waals surface area contributed by atoms with E-state index in [1.165, 1.54) is 6.92 Å². The molecule has 2 amide bonds. The Hall–Kier alpha value is -2.14. The summed E-state index contributed by atoms with van der Waals surface area (Å²) in [6, 6.07) is 12.1. The maximum absolute atomic E-state index is 11.9. The van der Waals surface area contributed by atoms with Gasteiger partial charge in [0.05, 0.1) is 5.69 Å². The van der Waals surface area contributed by atoms with E-state index >= 15 is 0 Å². The van der Waals surface area contributed by atoms with Crippen LogP contribution >= 0.6 is 15.9 Å². The third kappa shape index (κ3) is 4.16. The first-order valence-electron chi connectivity index (χ1n) is 6.41. The first kappa shape index (κ1) is 15.3. The van der Waals surface area contributed by atoms with Crippen molar-refractivity contribution in [3.8, 4) is 0 Å². The number of hydrogen-bond acceptors (Lipinski definition) is 2. The van der Waals surface area contributed by atoms with Crippen LogP contribution in [0.3, 0.4) is 0 Å². The number of anilines is 2. The second kappa shape index (κ2) is 6.54. The molecule has 5 heteroatoms. The van der Waals surface area contributed by atoms with Gasteiger partial charge in [-0.15, -0.1) is 0 Å². The van der Waals surface area contributed by atoms with Gasteiger partial charge in [0.2, 0.25) is 0 Å². The zero-order valence-corrected chi connectivity index (χ0v) is 13.3. The molecule has 0 aliphatic rings. The van der Waals surface area contributed by atoms with Crippen LogP contribution in [0.15, 0.2) is 46.9 Å². The Morgan fingerprint density at radius 1 is 1.00 bits per heavy atom. The van der Waals surface area contributed by atoms with Crippen LogP contribution in [0, 0.1) is 6.92 Å². The van der Waals surface area contributed by atoms with Gasteiger partial charge >= 0.3 is 6.03 Å². The van der Waals surface area contributed by atoms with Gasteiger partial charge < -0.3 is 10.6 Å². The van der Waals surface area contributed by atoms with Crippen molar-refractivity contribution in [2.75, 3.05) is 10.6 Å². The van der Waals surface area contributed by atoms with E-state index in [0.717, 1.165) is 10.0 Å². The molecule has 0 atom stereocenters. The van der Waals surface area contributed by atoms with Crippen LogP contribution in [0.5, 0.6) is 0 Å². The van der Waals surface area contributed by atoms with Gasteiger partial charge in [-0.25, -0.2) is 4.79 Å². The Morgan fingerprint density at radius 2 is 1.67 bits per heavy atom. The van der Waals surface area contributed by atoms with Gasteiger partial charge in [-0.2, -0.15) is 0 Å². The predicted octanol–water partition coefficient (Wildman–Crippen LogP) is 4.60. The molecule has 0 aliphatic carbocycles. The van der Waals surface area contributed by atoms with E-state index in [-0.39, 0.29) is 11.8 Å². The van der Waals surface area contributed by atoms with Crippen LogP contribution in [0.4, 0.5) is 16.2 Å². The molecule has 0 heterocycles. The molecule has 2 rings (SSSR count). The molecule has 4 nitrogen and oxygen atoms in total. The fraction of sp³-hybridized carbons (Fsp3) is 0.125. The molecule has 2 aromatic carbocycles. The van der Waals surface area contributed by atoms with Crippen molar-refractivity contribution in [1.82, 2.24) is 0 Å². The number of Topliss-reactive ketones (excluding diaryl/α,β-unsaturated/α-hetero) is 1. The predicted molar refractivity (Wildman–Crippen MR) is 88.0 cm³/mol. The molecule has 2 N–H and O–H groups in total. The summed E-state index contributed by atoms with van der Waals surface area (Å²) in [5, 5.41) is 5.48. The van der Waals surface area contributed by atoms with Gasteiger partial charge in [0.25, 0.3) is 0 Å². The minimum Gasteiger partial charge on any atom is -0.308 e. The molecule has 108 valence electrons. The number of hydrogen-bond donors (Lipinski definition) is 2. The highest BCUT2D eigenvalue weighted by Gasteiger charge is 2.06. The lowest BCUT2D eigenvalue weighted by atomic mass is 10.1. The maximum atomic E-state index is 11.9. The van der Waals surface area contributed by atoms with Crippen LogP contribution in [0.2, 0.25) is 0 Å². The fourth-order valence-electron chi connectivity index (χ4n) is 1.79. The molecule has 0 radical (unpaired) electrons. The van der Waals surface area contributed by atoms with Crippen molar-refractivity contribution >= 4 is 39.1 Å². The summed E-state index contributed by atoms with van der Waals surface area (Å²) in [5.74, 6) is -0.00501. The molecule has 0 spiro atoms. The standard InChI is InChI=1S/C16H15BrN2O2/c1-10-3-8-15(14(17)9-10)19-16(21)18-13-6-4-12(5-7-13)11(2)20/h3-9H,1-2H3,(H2,18,19,21). The second-order valence-electron chi connectivity index (χ2n) is 4.70. The molecular formula is C16H15BrN2O2. The largest absolute Gasteiger partial charge is 0.323 e. The van der Waals surface area contributed by atoms with Gasteiger partial charge in [0.1, 0.15) is 0 Å². The quantitative estimate of drug-likeness (QED) is 0.797. The average molecular weight is 347 g/mol. The van der Waals surface area contributed by atoms with E-state index in [2.05, 4.69) is 26.6 Å².